The minimum Gasteiger partial charge on any atom is -0.456 e. The normalized spacial score (nSPS) is 16.2. The molecule has 1 unspecified atom stereocenters. The zero-order chi connectivity index (χ0) is 38.3. The quantitative estimate of drug-likeness (QED) is 0.160. The summed E-state index contributed by atoms with van der Waals surface area (Å²) in [5.74, 6) is 0.712. The van der Waals surface area contributed by atoms with Gasteiger partial charge in [-0.15, -0.1) is 0 Å². The van der Waals surface area contributed by atoms with Crippen LogP contribution in [-0.4, -0.2) is 4.57 Å². The number of fused-ring (bicyclic) bond motifs is 8. The number of para-hydroxylation sites is 2. The van der Waals surface area contributed by atoms with E-state index in [2.05, 4.69) is 171 Å². The average Bonchev–Trinajstić information content (AvgIpc) is 3.93. The highest BCUT2D eigenvalue weighted by molar-refractivity contribution is 6.13. The van der Waals surface area contributed by atoms with Crippen molar-refractivity contribution < 1.29 is 4.42 Å². The molecule has 0 fully saturated rings. The lowest BCUT2D eigenvalue weighted by Gasteiger charge is -2.32. The van der Waals surface area contributed by atoms with Gasteiger partial charge in [0.2, 0.25) is 0 Å². The lowest BCUT2D eigenvalue weighted by molar-refractivity contribution is 0.603. The van der Waals surface area contributed by atoms with E-state index in [1.165, 1.54) is 49.6 Å². The molecule has 56 heavy (non-hydrogen) atoms. The predicted octanol–water partition coefficient (Wildman–Crippen LogP) is 14.8. The van der Waals surface area contributed by atoms with Crippen molar-refractivity contribution in [2.24, 2.45) is 0 Å². The van der Waals surface area contributed by atoms with Gasteiger partial charge in [-0.2, -0.15) is 0 Å². The van der Waals surface area contributed by atoms with Crippen LogP contribution in [0.2, 0.25) is 0 Å². The van der Waals surface area contributed by atoms with Gasteiger partial charge < -0.3 is 8.98 Å². The van der Waals surface area contributed by atoms with Gasteiger partial charge in [0.05, 0.1) is 16.4 Å². The molecule has 0 N–H and O–H groups in total. The van der Waals surface area contributed by atoms with E-state index >= 15 is 0 Å². The summed E-state index contributed by atoms with van der Waals surface area (Å²) in [4.78, 5) is 0. The van der Waals surface area contributed by atoms with Gasteiger partial charge in [0.15, 0.2) is 0 Å². The molecule has 2 heteroatoms. The molecule has 0 saturated heterocycles. The molecule has 2 aliphatic rings. The highest BCUT2D eigenvalue weighted by atomic mass is 16.3. The number of allylic oxidation sites excluding steroid dienone is 6. The van der Waals surface area contributed by atoms with E-state index in [1.54, 1.807) is 6.08 Å². The van der Waals surface area contributed by atoms with Crippen molar-refractivity contribution in [3.8, 4) is 27.9 Å². The number of furan rings is 1. The molecular formula is C54H41NO. The molecule has 1 spiro atoms. The van der Waals surface area contributed by atoms with E-state index in [-0.39, 0.29) is 0 Å². The van der Waals surface area contributed by atoms with Crippen LogP contribution in [0.3, 0.4) is 0 Å². The molecule has 0 amide bonds. The second kappa shape index (κ2) is 12.6. The number of nitrogens with zero attached hydrogens (tertiary/aromatic N) is 1. The monoisotopic (exact) mass is 719 g/mol. The molecule has 0 bridgehead atoms. The Hall–Kier alpha value is -6.90. The largest absolute Gasteiger partial charge is 0.456 e. The highest BCUT2D eigenvalue weighted by Crippen LogP contribution is 2.63. The zero-order valence-corrected chi connectivity index (χ0v) is 31.8. The third-order valence-electron chi connectivity index (χ3n) is 12.2. The Morgan fingerprint density at radius 2 is 1.41 bits per heavy atom. The van der Waals surface area contributed by atoms with E-state index in [4.69, 9.17) is 17.6 Å². The van der Waals surface area contributed by atoms with Crippen molar-refractivity contribution in [1.29, 1.82) is 0 Å². The number of rotatable bonds is 7. The maximum absolute atomic E-state index is 6.45. The van der Waals surface area contributed by atoms with Gasteiger partial charge in [0.1, 0.15) is 11.3 Å². The van der Waals surface area contributed by atoms with Crippen LogP contribution in [0.15, 0.2) is 181 Å². The summed E-state index contributed by atoms with van der Waals surface area (Å²) in [6.07, 6.45) is 8.99. The molecule has 0 aliphatic heterocycles. The Balaban J connectivity index is 1.25. The molecule has 8 aromatic rings. The maximum Gasteiger partial charge on any atom is 0.136 e. The van der Waals surface area contributed by atoms with Gasteiger partial charge in [-0.25, -0.2) is 0 Å². The Morgan fingerprint density at radius 3 is 2.20 bits per heavy atom. The van der Waals surface area contributed by atoms with Crippen molar-refractivity contribution in [2.75, 3.05) is 0 Å². The van der Waals surface area contributed by atoms with Gasteiger partial charge in [0.25, 0.3) is 0 Å². The number of benzene rings is 6. The Kier molecular flexibility index (Phi) is 7.56. The summed E-state index contributed by atoms with van der Waals surface area (Å²) >= 11 is 0. The first-order valence-corrected chi connectivity index (χ1v) is 19.4. The van der Waals surface area contributed by atoms with Crippen LogP contribution in [0.25, 0.3) is 84.0 Å². The second-order valence-electron chi connectivity index (χ2n) is 14.8. The highest BCUT2D eigenvalue weighted by Gasteiger charge is 2.52. The van der Waals surface area contributed by atoms with Crippen molar-refractivity contribution in [3.05, 3.63) is 211 Å². The molecule has 0 radical (unpaired) electrons. The summed E-state index contributed by atoms with van der Waals surface area (Å²) in [6.45, 7) is 22.3. The van der Waals surface area contributed by atoms with E-state index in [0.29, 0.717) is 5.76 Å². The van der Waals surface area contributed by atoms with E-state index in [0.717, 1.165) is 67.6 Å². The first-order chi connectivity index (χ1) is 27.5. The molecule has 6 aromatic carbocycles. The minimum atomic E-state index is -0.462. The van der Waals surface area contributed by atoms with Crippen molar-refractivity contribution in [3.63, 3.8) is 0 Å². The fourth-order valence-corrected chi connectivity index (χ4v) is 9.99. The van der Waals surface area contributed by atoms with E-state index in [9.17, 15) is 0 Å². The third-order valence-corrected chi connectivity index (χ3v) is 12.2. The number of aromatic nitrogens is 1. The summed E-state index contributed by atoms with van der Waals surface area (Å²) in [5.41, 5.74) is 18.8. The lowest BCUT2D eigenvalue weighted by atomic mass is 9.69. The van der Waals surface area contributed by atoms with Gasteiger partial charge in [0, 0.05) is 33.0 Å². The van der Waals surface area contributed by atoms with Gasteiger partial charge in [-0.1, -0.05) is 136 Å². The van der Waals surface area contributed by atoms with Crippen LogP contribution in [0.4, 0.5) is 0 Å². The Morgan fingerprint density at radius 1 is 0.679 bits per heavy atom. The van der Waals surface area contributed by atoms with Crippen LogP contribution in [0.1, 0.15) is 53.8 Å². The van der Waals surface area contributed by atoms with Crippen LogP contribution in [0, 0.1) is 0 Å². The number of hydrogen-bond acceptors (Lipinski definition) is 1. The SMILES string of the molecule is C=Cc1oc2ccc(-c3ccc4c(c3)c3ccccc3n4-c3ccccc3)c(-c3ccc4c(c3)C(=C)C(=C)C43C(CC)=C(/C=C\C)c4ccccc43)c2c1C=C. The van der Waals surface area contributed by atoms with Gasteiger partial charge in [-0.3, -0.25) is 0 Å². The minimum absolute atomic E-state index is 0.462. The second-order valence-corrected chi connectivity index (χ2v) is 14.8. The van der Waals surface area contributed by atoms with E-state index < -0.39 is 5.41 Å². The topological polar surface area (TPSA) is 18.1 Å². The molecule has 1 atom stereocenters. The number of hydrogen-bond donors (Lipinski definition) is 0. The molecule has 0 saturated carbocycles. The van der Waals surface area contributed by atoms with Gasteiger partial charge in [-0.05, 0) is 123 Å². The molecule has 2 aliphatic carbocycles. The summed E-state index contributed by atoms with van der Waals surface area (Å²) in [6, 6.07) is 46.2. The molecular weight excluding hydrogens is 679 g/mol. The van der Waals surface area contributed by atoms with Crippen LogP contribution in [-0.2, 0) is 5.41 Å². The van der Waals surface area contributed by atoms with Crippen molar-refractivity contribution in [1.82, 2.24) is 4.57 Å². The maximum atomic E-state index is 6.45. The molecule has 2 aromatic heterocycles. The smallest absolute Gasteiger partial charge is 0.136 e. The Bertz CT molecular complexity index is 3080. The predicted molar refractivity (Wildman–Crippen MR) is 239 cm³/mol. The summed E-state index contributed by atoms with van der Waals surface area (Å²) < 4.78 is 8.80. The fourth-order valence-electron chi connectivity index (χ4n) is 9.99. The molecule has 2 nitrogen and oxygen atoms in total. The zero-order valence-electron chi connectivity index (χ0n) is 31.8. The average molecular weight is 720 g/mol. The summed E-state index contributed by atoms with van der Waals surface area (Å²) in [7, 11) is 0. The fraction of sp³-hybridized carbons (Fsp3) is 0.0741. The summed E-state index contributed by atoms with van der Waals surface area (Å²) in [5, 5.41) is 3.44. The van der Waals surface area contributed by atoms with E-state index in [1.807, 2.05) is 6.08 Å². The van der Waals surface area contributed by atoms with Crippen LogP contribution in [0.5, 0.6) is 0 Å². The first kappa shape index (κ1) is 33.7. The lowest BCUT2D eigenvalue weighted by Crippen LogP contribution is -2.26. The third kappa shape index (κ3) is 4.38. The Labute approximate surface area is 328 Å². The molecule has 2 heterocycles. The van der Waals surface area contributed by atoms with Crippen molar-refractivity contribution in [2.45, 2.75) is 25.7 Å². The molecule has 268 valence electrons. The van der Waals surface area contributed by atoms with Gasteiger partial charge >= 0.3 is 0 Å². The first-order valence-electron chi connectivity index (χ1n) is 19.4. The van der Waals surface area contributed by atoms with Crippen LogP contribution >= 0.6 is 0 Å². The van der Waals surface area contributed by atoms with Crippen molar-refractivity contribution >= 4 is 56.1 Å². The standard InChI is InChI=1S/C54H41NO/c1-7-18-40-41-21-14-16-23-46(41)54(45(40)9-3)34(6)33(5)43-32-36(25-28-47(43)54)52-39(27-30-51-53(52)38(8-2)50(10-4)56-51)35-26-29-49-44(31-35)42-22-15-17-24-48(42)55(49)37-19-12-11-13-20-37/h7-8,10-32H,2,4-6,9H2,1,3H3/b18-7-. The molecule has 10 rings (SSSR count). The van der Waals surface area contributed by atoms with Crippen LogP contribution < -0.4 is 0 Å².